The second-order valence-corrected chi connectivity index (χ2v) is 6.15. The standard InChI is InChI=1S/C18H18N2O3/c21-18(22)20-10-13-6-9-23-17-14(12-4-7-19-8-5-12)2-1-3-15(17)16(13)11-20/h1-5,7-8,13,16H,6,9-11H2,(H,21,22)/t13-,16-/m1/s1. The molecule has 5 nitrogen and oxygen atoms in total. The summed E-state index contributed by atoms with van der Waals surface area (Å²) in [7, 11) is 0. The highest BCUT2D eigenvalue weighted by Gasteiger charge is 2.39. The van der Waals surface area contributed by atoms with Gasteiger partial charge in [0.25, 0.3) is 0 Å². The molecular formula is C18H18N2O3. The van der Waals surface area contributed by atoms with E-state index in [1.165, 1.54) is 4.90 Å². The minimum absolute atomic E-state index is 0.213. The molecule has 0 bridgehead atoms. The van der Waals surface area contributed by atoms with Crippen molar-refractivity contribution in [1.82, 2.24) is 9.88 Å². The molecule has 0 saturated carbocycles. The molecule has 2 aromatic rings. The topological polar surface area (TPSA) is 62.7 Å². The van der Waals surface area contributed by atoms with Crippen LogP contribution in [0.2, 0.25) is 0 Å². The molecule has 2 aliphatic heterocycles. The number of likely N-dealkylation sites (tertiary alicyclic amines) is 1. The van der Waals surface area contributed by atoms with Crippen molar-refractivity contribution in [3.8, 4) is 16.9 Å². The molecule has 3 heterocycles. The molecule has 0 spiro atoms. The number of rotatable bonds is 1. The van der Waals surface area contributed by atoms with E-state index < -0.39 is 6.09 Å². The highest BCUT2D eigenvalue weighted by Crippen LogP contribution is 2.45. The Morgan fingerprint density at radius 1 is 1.22 bits per heavy atom. The van der Waals surface area contributed by atoms with Gasteiger partial charge in [-0.25, -0.2) is 4.79 Å². The fourth-order valence-corrected chi connectivity index (χ4v) is 3.75. The number of para-hydroxylation sites is 1. The van der Waals surface area contributed by atoms with Gasteiger partial charge in [-0.2, -0.15) is 0 Å². The lowest BCUT2D eigenvalue weighted by atomic mass is 9.86. The monoisotopic (exact) mass is 310 g/mol. The first-order chi connectivity index (χ1) is 11.2. The third kappa shape index (κ3) is 2.42. The Bertz CT molecular complexity index is 732. The zero-order chi connectivity index (χ0) is 15.8. The van der Waals surface area contributed by atoms with Crippen molar-refractivity contribution in [2.45, 2.75) is 12.3 Å². The number of benzene rings is 1. The first kappa shape index (κ1) is 14.1. The Labute approximate surface area is 134 Å². The summed E-state index contributed by atoms with van der Waals surface area (Å²) in [6, 6.07) is 10.1. The Hall–Kier alpha value is -2.56. The molecule has 1 N–H and O–H groups in total. The zero-order valence-corrected chi connectivity index (χ0v) is 12.7. The first-order valence-electron chi connectivity index (χ1n) is 7.88. The fourth-order valence-electron chi connectivity index (χ4n) is 3.75. The van der Waals surface area contributed by atoms with Gasteiger partial charge in [-0.05, 0) is 35.6 Å². The van der Waals surface area contributed by atoms with Crippen LogP contribution >= 0.6 is 0 Å². The maximum absolute atomic E-state index is 11.3. The minimum Gasteiger partial charge on any atom is -0.493 e. The maximum atomic E-state index is 11.3. The molecule has 0 radical (unpaired) electrons. The molecule has 23 heavy (non-hydrogen) atoms. The summed E-state index contributed by atoms with van der Waals surface area (Å²) in [6.07, 6.45) is 3.61. The van der Waals surface area contributed by atoms with E-state index in [-0.39, 0.29) is 5.92 Å². The second-order valence-electron chi connectivity index (χ2n) is 6.15. The molecule has 1 fully saturated rings. The lowest BCUT2D eigenvalue weighted by molar-refractivity contribution is 0.152. The second kappa shape index (κ2) is 5.57. The SMILES string of the molecule is O=C(O)N1C[C@H]2CCOc3c(-c4ccncc4)cccc3[C@@H]2C1. The highest BCUT2D eigenvalue weighted by molar-refractivity contribution is 5.73. The van der Waals surface area contributed by atoms with E-state index in [0.717, 1.165) is 28.9 Å². The van der Waals surface area contributed by atoms with Crippen LogP contribution in [-0.4, -0.2) is 40.8 Å². The molecule has 1 aromatic heterocycles. The van der Waals surface area contributed by atoms with Crippen LogP contribution in [0.5, 0.6) is 5.75 Å². The van der Waals surface area contributed by atoms with Crippen LogP contribution in [-0.2, 0) is 0 Å². The Morgan fingerprint density at radius 3 is 2.83 bits per heavy atom. The molecule has 1 aromatic carbocycles. The van der Waals surface area contributed by atoms with Crippen molar-refractivity contribution >= 4 is 6.09 Å². The fraction of sp³-hybridized carbons (Fsp3) is 0.333. The number of amides is 1. The minimum atomic E-state index is -0.828. The normalized spacial score (nSPS) is 22.7. The Balaban J connectivity index is 1.78. The van der Waals surface area contributed by atoms with Crippen molar-refractivity contribution in [3.63, 3.8) is 0 Å². The molecule has 118 valence electrons. The number of carboxylic acid groups (broad SMARTS) is 1. The average molecular weight is 310 g/mol. The largest absolute Gasteiger partial charge is 0.493 e. The van der Waals surface area contributed by atoms with E-state index in [0.29, 0.717) is 25.6 Å². The summed E-state index contributed by atoms with van der Waals surface area (Å²) >= 11 is 0. The number of hydrogen-bond donors (Lipinski definition) is 1. The third-order valence-electron chi connectivity index (χ3n) is 4.88. The van der Waals surface area contributed by atoms with E-state index in [1.54, 1.807) is 12.4 Å². The van der Waals surface area contributed by atoms with Crippen molar-refractivity contribution in [1.29, 1.82) is 0 Å². The van der Waals surface area contributed by atoms with Gasteiger partial charge < -0.3 is 14.7 Å². The van der Waals surface area contributed by atoms with Gasteiger partial charge in [0.05, 0.1) is 6.61 Å². The van der Waals surface area contributed by atoms with Gasteiger partial charge in [0.1, 0.15) is 5.75 Å². The smallest absolute Gasteiger partial charge is 0.407 e. The van der Waals surface area contributed by atoms with Crippen molar-refractivity contribution in [2.24, 2.45) is 5.92 Å². The van der Waals surface area contributed by atoms with Gasteiger partial charge in [0.2, 0.25) is 0 Å². The molecular weight excluding hydrogens is 292 g/mol. The van der Waals surface area contributed by atoms with Crippen LogP contribution in [0, 0.1) is 5.92 Å². The molecule has 0 aliphatic carbocycles. The third-order valence-corrected chi connectivity index (χ3v) is 4.88. The van der Waals surface area contributed by atoms with Gasteiger partial charge in [-0.15, -0.1) is 0 Å². The van der Waals surface area contributed by atoms with Gasteiger partial charge in [0.15, 0.2) is 0 Å². The summed E-state index contributed by atoms with van der Waals surface area (Å²) < 4.78 is 6.08. The van der Waals surface area contributed by atoms with Gasteiger partial charge in [0, 0.05) is 37.0 Å². The molecule has 1 saturated heterocycles. The Morgan fingerprint density at radius 2 is 2.04 bits per heavy atom. The van der Waals surface area contributed by atoms with Crippen LogP contribution in [0.3, 0.4) is 0 Å². The lowest BCUT2D eigenvalue weighted by Crippen LogP contribution is -2.27. The summed E-state index contributed by atoms with van der Waals surface area (Å²) in [5.41, 5.74) is 3.26. The number of nitrogens with zero attached hydrogens (tertiary/aromatic N) is 2. The van der Waals surface area contributed by atoms with Crippen LogP contribution < -0.4 is 4.74 Å². The van der Waals surface area contributed by atoms with E-state index in [2.05, 4.69) is 17.1 Å². The summed E-state index contributed by atoms with van der Waals surface area (Å²) in [4.78, 5) is 16.9. The van der Waals surface area contributed by atoms with Crippen LogP contribution in [0.25, 0.3) is 11.1 Å². The maximum Gasteiger partial charge on any atom is 0.407 e. The molecule has 0 unspecified atom stereocenters. The lowest BCUT2D eigenvalue weighted by Gasteiger charge is -2.18. The van der Waals surface area contributed by atoms with E-state index in [9.17, 15) is 9.90 Å². The Kier molecular flexibility index (Phi) is 3.41. The molecule has 4 rings (SSSR count). The number of fused-ring (bicyclic) bond motifs is 3. The van der Waals surface area contributed by atoms with Gasteiger partial charge in [-0.3, -0.25) is 4.98 Å². The molecule has 1 amide bonds. The summed E-state index contributed by atoms with van der Waals surface area (Å²) in [5, 5.41) is 9.30. The van der Waals surface area contributed by atoms with Crippen LogP contribution in [0.1, 0.15) is 17.9 Å². The van der Waals surface area contributed by atoms with Crippen molar-refractivity contribution in [2.75, 3.05) is 19.7 Å². The van der Waals surface area contributed by atoms with Crippen LogP contribution in [0.4, 0.5) is 4.79 Å². The highest BCUT2D eigenvalue weighted by atomic mass is 16.5. The first-order valence-corrected chi connectivity index (χ1v) is 7.88. The summed E-state index contributed by atoms with van der Waals surface area (Å²) in [5.74, 6) is 1.45. The zero-order valence-electron chi connectivity index (χ0n) is 12.7. The number of pyridine rings is 1. The van der Waals surface area contributed by atoms with Crippen molar-refractivity contribution < 1.29 is 14.6 Å². The molecule has 2 atom stereocenters. The average Bonchev–Trinajstić information content (AvgIpc) is 2.92. The van der Waals surface area contributed by atoms with E-state index in [4.69, 9.17) is 4.74 Å². The number of hydrogen-bond acceptors (Lipinski definition) is 3. The molecule has 5 heteroatoms. The van der Waals surface area contributed by atoms with Crippen LogP contribution in [0.15, 0.2) is 42.7 Å². The quantitative estimate of drug-likeness (QED) is 0.878. The van der Waals surface area contributed by atoms with Gasteiger partial charge >= 0.3 is 6.09 Å². The molecule has 2 aliphatic rings. The predicted octanol–water partition coefficient (Wildman–Crippen LogP) is 3.22. The summed E-state index contributed by atoms with van der Waals surface area (Å²) in [6.45, 7) is 1.78. The van der Waals surface area contributed by atoms with Gasteiger partial charge in [-0.1, -0.05) is 18.2 Å². The van der Waals surface area contributed by atoms with E-state index in [1.807, 2.05) is 18.2 Å². The predicted molar refractivity (Wildman–Crippen MR) is 85.6 cm³/mol. The number of ether oxygens (including phenoxy) is 1. The van der Waals surface area contributed by atoms with Crippen molar-refractivity contribution in [3.05, 3.63) is 48.3 Å². The number of carbonyl (C=O) groups is 1. The van der Waals surface area contributed by atoms with E-state index >= 15 is 0 Å². The number of aromatic nitrogens is 1.